The Balaban J connectivity index is 2.34. The van der Waals surface area contributed by atoms with E-state index in [-0.39, 0.29) is 0 Å². The average Bonchev–Trinajstić information content (AvgIpc) is 2.38. The fourth-order valence-corrected chi connectivity index (χ4v) is 2.50. The first-order valence-electron chi connectivity index (χ1n) is 6.01. The first kappa shape index (κ1) is 11.8. The Kier molecular flexibility index (Phi) is 3.52. The van der Waals surface area contributed by atoms with E-state index < -0.39 is 0 Å². The zero-order valence-electron chi connectivity index (χ0n) is 9.98. The van der Waals surface area contributed by atoms with E-state index in [0.717, 1.165) is 24.1 Å². The van der Waals surface area contributed by atoms with Crippen LogP contribution in [0.3, 0.4) is 0 Å². The number of rotatable bonds is 3. The van der Waals surface area contributed by atoms with E-state index in [9.17, 15) is 4.79 Å². The fourth-order valence-electron chi connectivity index (χ4n) is 2.50. The largest absolute Gasteiger partial charge is 0.300 e. The van der Waals surface area contributed by atoms with E-state index >= 15 is 0 Å². The van der Waals surface area contributed by atoms with Gasteiger partial charge in [-0.3, -0.25) is 9.78 Å². The molecule has 0 atom stereocenters. The lowest BCUT2D eigenvalue weighted by molar-refractivity contribution is -0.120. The van der Waals surface area contributed by atoms with Crippen LogP contribution in [-0.2, 0) is 4.79 Å². The molecule has 2 nitrogen and oxygen atoms in total. The summed E-state index contributed by atoms with van der Waals surface area (Å²) in [5.74, 6) is 0.849. The van der Waals surface area contributed by atoms with E-state index in [4.69, 9.17) is 0 Å². The fraction of sp³-hybridized carbons (Fsp3) is 0.333. The molecule has 1 aliphatic carbocycles. The number of ketones is 1. The monoisotopic (exact) mass is 227 g/mol. The molecule has 1 aliphatic rings. The van der Waals surface area contributed by atoms with Crippen molar-refractivity contribution in [3.05, 3.63) is 42.2 Å². The van der Waals surface area contributed by atoms with E-state index in [0.29, 0.717) is 24.5 Å². The van der Waals surface area contributed by atoms with E-state index in [1.807, 2.05) is 18.3 Å². The van der Waals surface area contributed by atoms with E-state index in [1.165, 1.54) is 5.56 Å². The normalized spacial score (nSPS) is 16.8. The van der Waals surface area contributed by atoms with Gasteiger partial charge in [0.2, 0.25) is 0 Å². The zero-order chi connectivity index (χ0) is 12.3. The van der Waals surface area contributed by atoms with Gasteiger partial charge in [-0.05, 0) is 36.5 Å². The Morgan fingerprint density at radius 3 is 2.53 bits per heavy atom. The van der Waals surface area contributed by atoms with Gasteiger partial charge in [0.25, 0.3) is 0 Å². The molecule has 1 fully saturated rings. The molecule has 0 amide bonds. The molecule has 0 saturated heterocycles. The Bertz CT molecular complexity index is 452. The van der Waals surface area contributed by atoms with Gasteiger partial charge in [0.05, 0.1) is 5.69 Å². The summed E-state index contributed by atoms with van der Waals surface area (Å²) in [6.07, 6.45) is 8.71. The van der Waals surface area contributed by atoms with Crippen LogP contribution in [0.5, 0.6) is 0 Å². The molecule has 2 rings (SSSR count). The molecule has 88 valence electrons. The summed E-state index contributed by atoms with van der Waals surface area (Å²) in [6, 6.07) is 2.05. The van der Waals surface area contributed by atoms with Gasteiger partial charge < -0.3 is 0 Å². The molecular formula is C15H17NO. The number of carbonyl (C=O) groups is 1. The van der Waals surface area contributed by atoms with Crippen molar-refractivity contribution < 1.29 is 4.79 Å². The third kappa shape index (κ3) is 2.36. The predicted molar refractivity (Wildman–Crippen MR) is 70.6 cm³/mol. The highest BCUT2D eigenvalue weighted by Crippen LogP contribution is 2.34. The van der Waals surface area contributed by atoms with Gasteiger partial charge in [0, 0.05) is 24.6 Å². The second-order valence-corrected chi connectivity index (χ2v) is 4.42. The third-order valence-electron chi connectivity index (χ3n) is 3.44. The highest BCUT2D eigenvalue weighted by Gasteiger charge is 2.22. The number of pyridine rings is 1. The van der Waals surface area contributed by atoms with Crippen molar-refractivity contribution >= 4 is 17.9 Å². The maximum atomic E-state index is 11.3. The third-order valence-corrected chi connectivity index (χ3v) is 3.44. The maximum absolute atomic E-state index is 11.3. The van der Waals surface area contributed by atoms with Crippen LogP contribution in [0.2, 0.25) is 0 Å². The molecule has 0 unspecified atom stereocenters. The van der Waals surface area contributed by atoms with Gasteiger partial charge in [-0.2, -0.15) is 0 Å². The van der Waals surface area contributed by atoms with Crippen LogP contribution in [-0.4, -0.2) is 10.8 Å². The zero-order valence-corrected chi connectivity index (χ0v) is 9.98. The number of carbonyl (C=O) groups excluding carboxylic acids is 1. The van der Waals surface area contributed by atoms with Crippen LogP contribution in [0.25, 0.3) is 12.2 Å². The summed E-state index contributed by atoms with van der Waals surface area (Å²) in [5, 5.41) is 0. The molecule has 0 radical (unpaired) electrons. The number of hydrogen-bond donors (Lipinski definition) is 0. The molecular weight excluding hydrogens is 210 g/mol. The summed E-state index contributed by atoms with van der Waals surface area (Å²) in [6.45, 7) is 7.63. The molecule has 0 spiro atoms. The van der Waals surface area contributed by atoms with Gasteiger partial charge in [-0.1, -0.05) is 19.2 Å². The molecule has 1 saturated carbocycles. The van der Waals surface area contributed by atoms with Crippen LogP contribution in [0, 0.1) is 0 Å². The van der Waals surface area contributed by atoms with Crippen molar-refractivity contribution in [2.75, 3.05) is 0 Å². The summed E-state index contributed by atoms with van der Waals surface area (Å²) < 4.78 is 0. The molecule has 1 heterocycles. The molecule has 0 N–H and O–H groups in total. The SMILES string of the molecule is C=Cc1nccc(C2CCC(=O)CC2)c1C=C. The predicted octanol–water partition coefficient (Wildman–Crippen LogP) is 3.59. The Hall–Kier alpha value is -1.70. The minimum Gasteiger partial charge on any atom is -0.300 e. The molecule has 0 aromatic carbocycles. The van der Waals surface area contributed by atoms with Crippen LogP contribution < -0.4 is 0 Å². The van der Waals surface area contributed by atoms with Crippen LogP contribution in [0.15, 0.2) is 25.4 Å². The smallest absolute Gasteiger partial charge is 0.132 e. The number of hydrogen-bond acceptors (Lipinski definition) is 2. The van der Waals surface area contributed by atoms with Crippen molar-refractivity contribution in [3.8, 4) is 0 Å². The molecule has 0 aliphatic heterocycles. The van der Waals surface area contributed by atoms with Gasteiger partial charge >= 0.3 is 0 Å². The van der Waals surface area contributed by atoms with Gasteiger partial charge in [0.1, 0.15) is 5.78 Å². The van der Waals surface area contributed by atoms with Crippen molar-refractivity contribution in [1.82, 2.24) is 4.98 Å². The van der Waals surface area contributed by atoms with Crippen molar-refractivity contribution in [3.63, 3.8) is 0 Å². The van der Waals surface area contributed by atoms with E-state index in [1.54, 1.807) is 6.08 Å². The van der Waals surface area contributed by atoms with Crippen LogP contribution >= 0.6 is 0 Å². The number of nitrogens with zero attached hydrogens (tertiary/aromatic N) is 1. The molecule has 0 bridgehead atoms. The topological polar surface area (TPSA) is 30.0 Å². The lowest BCUT2D eigenvalue weighted by Gasteiger charge is -2.23. The van der Waals surface area contributed by atoms with Gasteiger partial charge in [-0.25, -0.2) is 0 Å². The number of Topliss-reactive ketones (excluding diaryl/α,β-unsaturated/α-hetero) is 1. The molecule has 1 aromatic rings. The highest BCUT2D eigenvalue weighted by molar-refractivity contribution is 5.79. The number of aromatic nitrogens is 1. The van der Waals surface area contributed by atoms with E-state index in [2.05, 4.69) is 18.1 Å². The van der Waals surface area contributed by atoms with Crippen molar-refractivity contribution in [2.45, 2.75) is 31.6 Å². The Morgan fingerprint density at radius 2 is 1.94 bits per heavy atom. The average molecular weight is 227 g/mol. The lowest BCUT2D eigenvalue weighted by atomic mass is 9.81. The van der Waals surface area contributed by atoms with Crippen molar-refractivity contribution in [1.29, 1.82) is 0 Å². The molecule has 1 aromatic heterocycles. The quantitative estimate of drug-likeness (QED) is 0.789. The second kappa shape index (κ2) is 5.09. The lowest BCUT2D eigenvalue weighted by Crippen LogP contribution is -2.13. The van der Waals surface area contributed by atoms with Crippen LogP contribution in [0.4, 0.5) is 0 Å². The minimum absolute atomic E-state index is 0.388. The maximum Gasteiger partial charge on any atom is 0.132 e. The first-order chi connectivity index (χ1) is 8.26. The first-order valence-corrected chi connectivity index (χ1v) is 6.01. The summed E-state index contributed by atoms with van der Waals surface area (Å²) in [7, 11) is 0. The molecule has 2 heteroatoms. The van der Waals surface area contributed by atoms with Crippen LogP contribution in [0.1, 0.15) is 48.4 Å². The highest BCUT2D eigenvalue weighted by atomic mass is 16.1. The Morgan fingerprint density at radius 1 is 1.24 bits per heavy atom. The summed E-state index contributed by atoms with van der Waals surface area (Å²) >= 11 is 0. The Labute approximate surface area is 102 Å². The molecule has 17 heavy (non-hydrogen) atoms. The summed E-state index contributed by atoms with van der Waals surface area (Å²) in [5.41, 5.74) is 3.22. The van der Waals surface area contributed by atoms with Gasteiger partial charge in [-0.15, -0.1) is 0 Å². The van der Waals surface area contributed by atoms with Crippen molar-refractivity contribution in [2.24, 2.45) is 0 Å². The standard InChI is InChI=1S/C15H17NO/c1-3-13-14(9-10-16-15(13)4-2)11-5-7-12(17)8-6-11/h3-4,9-11H,1-2,5-8H2. The van der Waals surface area contributed by atoms with Gasteiger partial charge in [0.15, 0.2) is 0 Å². The minimum atomic E-state index is 0.388. The summed E-state index contributed by atoms with van der Waals surface area (Å²) in [4.78, 5) is 15.6. The second-order valence-electron chi connectivity index (χ2n) is 4.42.